The third kappa shape index (κ3) is 4.34. The van der Waals surface area contributed by atoms with Gasteiger partial charge in [0, 0.05) is 33.2 Å². The van der Waals surface area contributed by atoms with Crippen molar-refractivity contribution in [2.75, 3.05) is 4.90 Å². The van der Waals surface area contributed by atoms with Crippen molar-refractivity contribution in [3.63, 3.8) is 0 Å². The Bertz CT molecular complexity index is 3130. The summed E-state index contributed by atoms with van der Waals surface area (Å²) in [5.74, 6) is 0. The highest BCUT2D eigenvalue weighted by Gasteiger charge is 2.48. The van der Waals surface area contributed by atoms with Crippen molar-refractivity contribution in [1.82, 2.24) is 4.98 Å². The summed E-state index contributed by atoms with van der Waals surface area (Å²) in [6.07, 6.45) is 0. The van der Waals surface area contributed by atoms with Crippen LogP contribution in [-0.4, -0.2) is 12.3 Å². The van der Waals surface area contributed by atoms with E-state index in [1.807, 2.05) is 0 Å². The lowest BCUT2D eigenvalue weighted by Crippen LogP contribution is -2.47. The van der Waals surface area contributed by atoms with Crippen LogP contribution in [0.4, 0.5) is 17.1 Å². The van der Waals surface area contributed by atoms with Gasteiger partial charge in [0.1, 0.15) is 0 Å². The molecule has 0 aliphatic carbocycles. The standard InChI is InChI=1S/C53H35BN2/c1-4-16-34(17-5-1)37-31-43(41-25-14-24-40-42-30-35-18-10-11-19-36(35)32-47(42)55-51(40)41)50-49(33-37)56-48-29-13-12-26-44(48)53(38-20-6-2-7-21-38,39-22-8-3-9-23-39)45-27-15-28-46(54-50)52(45)56/h1-33,54-55H. The molecule has 9 aromatic carbocycles. The van der Waals surface area contributed by atoms with Crippen LogP contribution >= 0.6 is 0 Å². The van der Waals surface area contributed by atoms with E-state index in [9.17, 15) is 0 Å². The Morgan fingerprint density at radius 2 is 1.09 bits per heavy atom. The van der Waals surface area contributed by atoms with E-state index in [2.05, 4.69) is 210 Å². The average molecular weight is 711 g/mol. The van der Waals surface area contributed by atoms with Gasteiger partial charge in [-0.05, 0) is 85.5 Å². The molecule has 1 N–H and O–H groups in total. The summed E-state index contributed by atoms with van der Waals surface area (Å²) in [4.78, 5) is 6.51. The summed E-state index contributed by atoms with van der Waals surface area (Å²) in [7, 11) is 0.821. The molecule has 0 fully saturated rings. The molecule has 0 bridgehead atoms. The van der Waals surface area contributed by atoms with Crippen molar-refractivity contribution < 1.29 is 0 Å². The van der Waals surface area contributed by atoms with E-state index in [0.717, 1.165) is 12.8 Å². The summed E-state index contributed by atoms with van der Waals surface area (Å²) in [5, 5.41) is 5.01. The SMILES string of the molecule is B1c2cccc3c2N(c2ccccc2C3(c2ccccc2)c2ccccc2)c2cc(-c3ccccc3)cc(-c3cccc4c3[nH]c3cc5ccccc5cc34)c21. The molecule has 0 saturated carbocycles. The van der Waals surface area contributed by atoms with Gasteiger partial charge in [0.25, 0.3) is 0 Å². The zero-order valence-corrected chi connectivity index (χ0v) is 30.7. The van der Waals surface area contributed by atoms with Gasteiger partial charge in [0.05, 0.1) is 16.6 Å². The van der Waals surface area contributed by atoms with Crippen LogP contribution in [0.15, 0.2) is 200 Å². The number of aromatic nitrogens is 1. The van der Waals surface area contributed by atoms with Crippen molar-refractivity contribution >= 4 is 67.8 Å². The fourth-order valence-corrected chi connectivity index (χ4v) is 10.1. The molecule has 0 spiro atoms. The zero-order valence-electron chi connectivity index (χ0n) is 30.7. The van der Waals surface area contributed by atoms with E-state index in [0.29, 0.717) is 0 Å². The summed E-state index contributed by atoms with van der Waals surface area (Å²) in [6, 6.07) is 74.3. The first-order valence-electron chi connectivity index (χ1n) is 19.6. The molecule has 260 valence electrons. The average Bonchev–Trinajstić information content (AvgIpc) is 3.64. The van der Waals surface area contributed by atoms with Crippen molar-refractivity contribution in [3.8, 4) is 22.3 Å². The molecule has 56 heavy (non-hydrogen) atoms. The monoisotopic (exact) mass is 710 g/mol. The van der Waals surface area contributed by atoms with Gasteiger partial charge in [-0.3, -0.25) is 0 Å². The summed E-state index contributed by atoms with van der Waals surface area (Å²) in [5.41, 5.74) is 18.3. The van der Waals surface area contributed by atoms with Crippen LogP contribution in [0.1, 0.15) is 22.3 Å². The lowest BCUT2D eigenvalue weighted by Gasteiger charge is -2.49. The van der Waals surface area contributed by atoms with Gasteiger partial charge in [-0.25, -0.2) is 0 Å². The van der Waals surface area contributed by atoms with Gasteiger partial charge in [-0.15, -0.1) is 0 Å². The van der Waals surface area contributed by atoms with E-state index < -0.39 is 5.41 Å². The molecule has 12 rings (SSSR count). The molecule has 3 heteroatoms. The van der Waals surface area contributed by atoms with Gasteiger partial charge in [0.15, 0.2) is 7.28 Å². The number of benzene rings is 9. The van der Waals surface area contributed by atoms with Crippen LogP contribution in [0.5, 0.6) is 0 Å². The molecular formula is C53H35BN2. The highest BCUT2D eigenvalue weighted by molar-refractivity contribution is 6.73. The van der Waals surface area contributed by atoms with Crippen LogP contribution in [0, 0.1) is 0 Å². The molecule has 1 aromatic heterocycles. The lowest BCUT2D eigenvalue weighted by atomic mass is 9.54. The number of H-pyrrole nitrogens is 1. The first-order valence-corrected chi connectivity index (χ1v) is 19.6. The van der Waals surface area contributed by atoms with E-state index in [-0.39, 0.29) is 0 Å². The van der Waals surface area contributed by atoms with Crippen LogP contribution in [0.2, 0.25) is 0 Å². The first kappa shape index (κ1) is 31.3. The molecule has 2 nitrogen and oxygen atoms in total. The van der Waals surface area contributed by atoms with Crippen molar-refractivity contribution in [3.05, 3.63) is 222 Å². The number of hydrogen-bond acceptors (Lipinski definition) is 1. The van der Waals surface area contributed by atoms with Gasteiger partial charge >= 0.3 is 0 Å². The molecular weight excluding hydrogens is 675 g/mol. The molecule has 0 amide bonds. The number of nitrogens with one attached hydrogen (secondary N) is 1. The minimum Gasteiger partial charge on any atom is -0.354 e. The first-order chi connectivity index (χ1) is 27.8. The Kier molecular flexibility index (Phi) is 6.67. The number of nitrogens with zero attached hydrogens (tertiary/aromatic N) is 1. The fourth-order valence-electron chi connectivity index (χ4n) is 10.1. The van der Waals surface area contributed by atoms with Crippen LogP contribution < -0.4 is 15.8 Å². The molecule has 0 saturated heterocycles. The molecule has 0 radical (unpaired) electrons. The molecule has 0 atom stereocenters. The maximum Gasteiger partial charge on any atom is 0.198 e. The molecule has 3 heterocycles. The predicted octanol–water partition coefficient (Wildman–Crippen LogP) is 11.7. The highest BCUT2D eigenvalue weighted by Crippen LogP contribution is 2.58. The van der Waals surface area contributed by atoms with Crippen molar-refractivity contribution in [1.29, 1.82) is 0 Å². The van der Waals surface area contributed by atoms with Crippen molar-refractivity contribution in [2.45, 2.75) is 5.41 Å². The van der Waals surface area contributed by atoms with E-state index in [1.165, 1.54) is 99.6 Å². The minimum atomic E-state index is -0.502. The zero-order chi connectivity index (χ0) is 36.8. The summed E-state index contributed by atoms with van der Waals surface area (Å²) >= 11 is 0. The number of fused-ring (bicyclic) bond motifs is 8. The molecule has 10 aromatic rings. The number of hydrogen-bond donors (Lipinski definition) is 1. The van der Waals surface area contributed by atoms with Crippen molar-refractivity contribution in [2.24, 2.45) is 0 Å². The Morgan fingerprint density at radius 1 is 0.446 bits per heavy atom. The topological polar surface area (TPSA) is 19.0 Å². The Morgan fingerprint density at radius 3 is 1.86 bits per heavy atom. The fraction of sp³-hybridized carbons (Fsp3) is 0.0189. The number of aromatic amines is 1. The van der Waals surface area contributed by atoms with Gasteiger partial charge in [0.2, 0.25) is 0 Å². The number of rotatable bonds is 4. The molecule has 2 aliphatic heterocycles. The quantitative estimate of drug-likeness (QED) is 0.180. The number of anilines is 3. The lowest BCUT2D eigenvalue weighted by molar-refractivity contribution is 0.732. The maximum absolute atomic E-state index is 3.92. The molecule has 0 unspecified atom stereocenters. The second-order valence-electron chi connectivity index (χ2n) is 15.3. The van der Waals surface area contributed by atoms with E-state index in [1.54, 1.807) is 0 Å². The summed E-state index contributed by atoms with van der Waals surface area (Å²) in [6.45, 7) is 0. The normalized spacial score (nSPS) is 13.6. The Labute approximate surface area is 326 Å². The largest absolute Gasteiger partial charge is 0.354 e. The van der Waals surface area contributed by atoms with E-state index in [4.69, 9.17) is 0 Å². The van der Waals surface area contributed by atoms with Gasteiger partial charge in [-0.2, -0.15) is 0 Å². The second-order valence-corrected chi connectivity index (χ2v) is 15.3. The Balaban J connectivity index is 1.17. The summed E-state index contributed by atoms with van der Waals surface area (Å²) < 4.78 is 0. The smallest absolute Gasteiger partial charge is 0.198 e. The predicted molar refractivity (Wildman–Crippen MR) is 237 cm³/mol. The third-order valence-electron chi connectivity index (χ3n) is 12.4. The highest BCUT2D eigenvalue weighted by atomic mass is 15.2. The van der Waals surface area contributed by atoms with Crippen LogP contribution in [0.3, 0.4) is 0 Å². The van der Waals surface area contributed by atoms with E-state index >= 15 is 0 Å². The van der Waals surface area contributed by atoms with Gasteiger partial charge in [-0.1, -0.05) is 175 Å². The second kappa shape index (κ2) is 12.0. The van der Waals surface area contributed by atoms with Gasteiger partial charge < -0.3 is 9.88 Å². The Hall–Kier alpha value is -7.10. The number of para-hydroxylation sites is 3. The third-order valence-corrected chi connectivity index (χ3v) is 12.4. The minimum absolute atomic E-state index is 0.502. The van der Waals surface area contributed by atoms with Crippen LogP contribution in [-0.2, 0) is 5.41 Å². The maximum atomic E-state index is 3.92. The molecule has 2 aliphatic rings. The van der Waals surface area contributed by atoms with Crippen LogP contribution in [0.25, 0.3) is 54.8 Å².